The molecule has 0 bridgehead atoms. The number of hydrogen-bond donors (Lipinski definition) is 1. The zero-order valence-corrected chi connectivity index (χ0v) is 13.7. The van der Waals surface area contributed by atoms with Gasteiger partial charge in [-0.05, 0) is 38.1 Å². The minimum Gasteiger partial charge on any atom is -0.329 e. The van der Waals surface area contributed by atoms with E-state index in [0.29, 0.717) is 18.5 Å². The Bertz CT molecular complexity index is 392. The molecule has 1 fully saturated rings. The van der Waals surface area contributed by atoms with Crippen molar-refractivity contribution in [2.75, 3.05) is 32.1 Å². The molecule has 1 unspecified atom stereocenters. The Labute approximate surface area is 118 Å². The molecule has 0 spiro atoms. The van der Waals surface area contributed by atoms with Gasteiger partial charge in [-0.3, -0.25) is 4.90 Å². The van der Waals surface area contributed by atoms with Crippen molar-refractivity contribution in [3.05, 3.63) is 0 Å². The maximum Gasteiger partial charge on any atom is 0.148 e. The van der Waals surface area contributed by atoms with Crippen LogP contribution in [0.25, 0.3) is 0 Å². The van der Waals surface area contributed by atoms with E-state index in [9.17, 15) is 8.42 Å². The predicted molar refractivity (Wildman–Crippen MR) is 81.0 cm³/mol. The first-order valence-electron chi connectivity index (χ1n) is 7.19. The number of nitrogens with zero attached hydrogens (tertiary/aromatic N) is 1. The maximum absolute atomic E-state index is 11.3. The molecule has 0 aromatic carbocycles. The first kappa shape index (κ1) is 16.9. The first-order chi connectivity index (χ1) is 8.60. The number of sulfone groups is 1. The summed E-state index contributed by atoms with van der Waals surface area (Å²) in [5, 5.41) is 0. The van der Waals surface area contributed by atoms with Gasteiger partial charge in [-0.2, -0.15) is 0 Å². The molecule has 19 heavy (non-hydrogen) atoms. The van der Waals surface area contributed by atoms with Crippen LogP contribution in [-0.2, 0) is 9.84 Å². The topological polar surface area (TPSA) is 63.4 Å². The van der Waals surface area contributed by atoms with Crippen molar-refractivity contribution in [3.63, 3.8) is 0 Å². The van der Waals surface area contributed by atoms with Crippen LogP contribution in [0.2, 0.25) is 0 Å². The molecule has 1 aliphatic rings. The molecule has 0 saturated heterocycles. The second-order valence-corrected chi connectivity index (χ2v) is 9.26. The summed E-state index contributed by atoms with van der Waals surface area (Å²) in [6, 6.07) is 0. The summed E-state index contributed by atoms with van der Waals surface area (Å²) in [5.74, 6) is 0.217. The van der Waals surface area contributed by atoms with Crippen LogP contribution in [0.5, 0.6) is 0 Å². The number of likely N-dealkylation sites (N-methyl/N-ethyl adjacent to an activating group) is 1. The summed E-state index contributed by atoms with van der Waals surface area (Å²) >= 11 is 0. The molecule has 1 rings (SSSR count). The molecule has 1 saturated carbocycles. The fraction of sp³-hybridized carbons (Fsp3) is 1.00. The van der Waals surface area contributed by atoms with E-state index in [0.717, 1.165) is 19.3 Å². The van der Waals surface area contributed by atoms with E-state index >= 15 is 0 Å². The molecule has 2 N–H and O–H groups in total. The van der Waals surface area contributed by atoms with Gasteiger partial charge in [-0.1, -0.05) is 20.3 Å². The molecular formula is C14H30N2O2S. The SMILES string of the molecule is CN(CCS(C)(=O)=O)C1(CN)CCCC(C)(C)CC1. The summed E-state index contributed by atoms with van der Waals surface area (Å²) in [5.41, 5.74) is 6.41. The zero-order valence-electron chi connectivity index (χ0n) is 12.9. The quantitative estimate of drug-likeness (QED) is 0.782. The molecule has 0 aliphatic heterocycles. The summed E-state index contributed by atoms with van der Waals surface area (Å²) in [6.07, 6.45) is 7.01. The molecular weight excluding hydrogens is 260 g/mol. The maximum atomic E-state index is 11.3. The Morgan fingerprint density at radius 2 is 1.79 bits per heavy atom. The average Bonchev–Trinajstić information content (AvgIpc) is 2.44. The molecule has 0 aromatic rings. The Balaban J connectivity index is 2.74. The lowest BCUT2D eigenvalue weighted by molar-refractivity contribution is 0.110. The highest BCUT2D eigenvalue weighted by molar-refractivity contribution is 7.90. The van der Waals surface area contributed by atoms with Gasteiger partial charge < -0.3 is 5.73 Å². The van der Waals surface area contributed by atoms with Gasteiger partial charge in [0, 0.05) is 24.9 Å². The van der Waals surface area contributed by atoms with Crippen LogP contribution in [0.4, 0.5) is 0 Å². The van der Waals surface area contributed by atoms with E-state index in [4.69, 9.17) is 5.73 Å². The minimum absolute atomic E-state index is 0.0154. The number of rotatable bonds is 5. The zero-order chi connectivity index (χ0) is 14.7. The first-order valence-corrected chi connectivity index (χ1v) is 9.25. The Kier molecular flexibility index (Phi) is 5.43. The fourth-order valence-corrected chi connectivity index (χ4v) is 3.60. The third-order valence-electron chi connectivity index (χ3n) is 4.75. The van der Waals surface area contributed by atoms with Gasteiger partial charge in [0.2, 0.25) is 0 Å². The third kappa shape index (κ3) is 5.04. The lowest BCUT2D eigenvalue weighted by atomic mass is 9.83. The van der Waals surface area contributed by atoms with E-state index in [1.54, 1.807) is 0 Å². The molecule has 114 valence electrons. The molecule has 0 heterocycles. The number of nitrogens with two attached hydrogens (primary N) is 1. The molecule has 4 nitrogen and oxygen atoms in total. The van der Waals surface area contributed by atoms with E-state index < -0.39 is 9.84 Å². The smallest absolute Gasteiger partial charge is 0.148 e. The van der Waals surface area contributed by atoms with Crippen molar-refractivity contribution in [1.29, 1.82) is 0 Å². The van der Waals surface area contributed by atoms with Gasteiger partial charge in [-0.25, -0.2) is 8.42 Å². The van der Waals surface area contributed by atoms with Crippen molar-refractivity contribution in [1.82, 2.24) is 4.90 Å². The molecule has 0 amide bonds. The Morgan fingerprint density at radius 3 is 2.32 bits per heavy atom. The van der Waals surface area contributed by atoms with E-state index in [1.807, 2.05) is 7.05 Å². The monoisotopic (exact) mass is 290 g/mol. The summed E-state index contributed by atoms with van der Waals surface area (Å²) in [6.45, 7) is 5.83. The van der Waals surface area contributed by atoms with Gasteiger partial charge in [0.25, 0.3) is 0 Å². The van der Waals surface area contributed by atoms with Crippen LogP contribution >= 0.6 is 0 Å². The predicted octanol–water partition coefficient (Wildman–Crippen LogP) is 1.65. The van der Waals surface area contributed by atoms with Gasteiger partial charge in [0.1, 0.15) is 9.84 Å². The van der Waals surface area contributed by atoms with Crippen LogP contribution in [0.1, 0.15) is 46.0 Å². The van der Waals surface area contributed by atoms with Crippen molar-refractivity contribution in [3.8, 4) is 0 Å². The Hall–Kier alpha value is -0.130. The lowest BCUT2D eigenvalue weighted by Gasteiger charge is -2.41. The number of hydrogen-bond acceptors (Lipinski definition) is 4. The minimum atomic E-state index is -2.91. The van der Waals surface area contributed by atoms with Crippen LogP contribution in [-0.4, -0.2) is 51.0 Å². The van der Waals surface area contributed by atoms with Crippen LogP contribution in [0, 0.1) is 5.41 Å². The van der Waals surface area contributed by atoms with Crippen molar-refractivity contribution in [2.45, 2.75) is 51.5 Å². The summed E-state index contributed by atoms with van der Waals surface area (Å²) in [7, 11) is -0.883. The molecule has 0 aromatic heterocycles. The fourth-order valence-electron chi connectivity index (χ4n) is 3.00. The summed E-state index contributed by atoms with van der Waals surface area (Å²) < 4.78 is 22.6. The molecule has 5 heteroatoms. The van der Waals surface area contributed by atoms with Crippen LogP contribution in [0.3, 0.4) is 0 Å². The molecule has 1 atom stereocenters. The van der Waals surface area contributed by atoms with E-state index in [1.165, 1.54) is 19.1 Å². The Morgan fingerprint density at radius 1 is 1.16 bits per heavy atom. The van der Waals surface area contributed by atoms with Crippen molar-refractivity contribution in [2.24, 2.45) is 11.1 Å². The standard InChI is InChI=1S/C14H30N2O2S/c1-13(2)6-5-7-14(12-15,9-8-13)16(3)10-11-19(4,17)18/h5-12,15H2,1-4H3. The van der Waals surface area contributed by atoms with Gasteiger partial charge >= 0.3 is 0 Å². The average molecular weight is 290 g/mol. The van der Waals surface area contributed by atoms with Gasteiger partial charge in [0.05, 0.1) is 5.75 Å². The van der Waals surface area contributed by atoms with Gasteiger partial charge in [0.15, 0.2) is 0 Å². The van der Waals surface area contributed by atoms with Crippen LogP contribution < -0.4 is 5.73 Å². The molecule has 0 radical (unpaired) electrons. The van der Waals surface area contributed by atoms with Crippen LogP contribution in [0.15, 0.2) is 0 Å². The second-order valence-electron chi connectivity index (χ2n) is 7.00. The van der Waals surface area contributed by atoms with Crippen molar-refractivity contribution >= 4 is 9.84 Å². The largest absolute Gasteiger partial charge is 0.329 e. The van der Waals surface area contributed by atoms with E-state index in [2.05, 4.69) is 18.7 Å². The van der Waals surface area contributed by atoms with E-state index in [-0.39, 0.29) is 11.3 Å². The highest BCUT2D eigenvalue weighted by Gasteiger charge is 2.37. The highest BCUT2D eigenvalue weighted by atomic mass is 32.2. The lowest BCUT2D eigenvalue weighted by Crippen LogP contribution is -2.53. The highest BCUT2D eigenvalue weighted by Crippen LogP contribution is 2.39. The van der Waals surface area contributed by atoms with Crippen molar-refractivity contribution < 1.29 is 8.42 Å². The third-order valence-corrected chi connectivity index (χ3v) is 5.67. The molecule has 1 aliphatic carbocycles. The summed E-state index contributed by atoms with van der Waals surface area (Å²) in [4.78, 5) is 2.19. The normalized spacial score (nSPS) is 28.3. The second kappa shape index (κ2) is 6.10. The van der Waals surface area contributed by atoms with Gasteiger partial charge in [-0.15, -0.1) is 0 Å².